The van der Waals surface area contributed by atoms with Crippen molar-refractivity contribution in [3.63, 3.8) is 0 Å². The fourth-order valence-corrected chi connectivity index (χ4v) is 2.11. The third-order valence-electron chi connectivity index (χ3n) is 3.19. The SMILES string of the molecule is Cc1ccccc1-c1nnc(-c2ccccc2C(=O)O)o1. The maximum Gasteiger partial charge on any atom is 0.336 e. The molecule has 5 nitrogen and oxygen atoms in total. The molecule has 1 aromatic heterocycles. The van der Waals surface area contributed by atoms with E-state index >= 15 is 0 Å². The maximum absolute atomic E-state index is 11.2. The lowest BCUT2D eigenvalue weighted by Crippen LogP contribution is -1.98. The summed E-state index contributed by atoms with van der Waals surface area (Å²) in [6, 6.07) is 14.2. The molecule has 1 heterocycles. The van der Waals surface area contributed by atoms with Crippen LogP contribution in [0.15, 0.2) is 52.9 Å². The number of aryl methyl sites for hydroxylation is 1. The van der Waals surface area contributed by atoms with Crippen molar-refractivity contribution in [1.82, 2.24) is 10.2 Å². The van der Waals surface area contributed by atoms with Crippen molar-refractivity contribution in [2.45, 2.75) is 6.92 Å². The Morgan fingerprint density at radius 2 is 1.52 bits per heavy atom. The summed E-state index contributed by atoms with van der Waals surface area (Å²) in [7, 11) is 0. The van der Waals surface area contributed by atoms with Crippen LogP contribution in [0.5, 0.6) is 0 Å². The number of carboxylic acids is 1. The molecule has 3 aromatic rings. The Morgan fingerprint density at radius 3 is 2.19 bits per heavy atom. The Hall–Kier alpha value is -2.95. The number of carbonyl (C=O) groups is 1. The normalized spacial score (nSPS) is 10.5. The lowest BCUT2D eigenvalue weighted by molar-refractivity contribution is 0.0697. The number of nitrogens with zero attached hydrogens (tertiary/aromatic N) is 2. The van der Waals surface area contributed by atoms with Gasteiger partial charge in [-0.15, -0.1) is 10.2 Å². The minimum atomic E-state index is -1.03. The van der Waals surface area contributed by atoms with Crippen LogP contribution in [0.3, 0.4) is 0 Å². The molecule has 0 bridgehead atoms. The fourth-order valence-electron chi connectivity index (χ4n) is 2.11. The highest BCUT2D eigenvalue weighted by atomic mass is 16.4. The van der Waals surface area contributed by atoms with Crippen LogP contribution in [0.1, 0.15) is 15.9 Å². The first-order chi connectivity index (χ1) is 10.2. The molecule has 0 spiro atoms. The molecule has 0 saturated heterocycles. The molecular weight excluding hydrogens is 268 g/mol. The van der Waals surface area contributed by atoms with Gasteiger partial charge in [-0.25, -0.2) is 4.79 Å². The summed E-state index contributed by atoms with van der Waals surface area (Å²) >= 11 is 0. The quantitative estimate of drug-likeness (QED) is 0.795. The van der Waals surface area contributed by atoms with Gasteiger partial charge >= 0.3 is 5.97 Å². The van der Waals surface area contributed by atoms with E-state index in [2.05, 4.69) is 10.2 Å². The average molecular weight is 280 g/mol. The lowest BCUT2D eigenvalue weighted by Gasteiger charge is -2.01. The summed E-state index contributed by atoms with van der Waals surface area (Å²) in [5, 5.41) is 17.2. The number of hydrogen-bond donors (Lipinski definition) is 1. The van der Waals surface area contributed by atoms with Crippen molar-refractivity contribution in [3.8, 4) is 22.9 Å². The van der Waals surface area contributed by atoms with Crippen molar-refractivity contribution in [1.29, 1.82) is 0 Å². The Kier molecular flexibility index (Phi) is 3.23. The van der Waals surface area contributed by atoms with E-state index in [4.69, 9.17) is 4.42 Å². The molecule has 0 aliphatic rings. The second-order valence-corrected chi connectivity index (χ2v) is 4.58. The number of benzene rings is 2. The molecule has 3 rings (SSSR count). The molecule has 104 valence electrons. The van der Waals surface area contributed by atoms with Gasteiger partial charge in [0.25, 0.3) is 0 Å². The minimum absolute atomic E-state index is 0.137. The summed E-state index contributed by atoms with van der Waals surface area (Å²) in [6.45, 7) is 1.95. The fraction of sp³-hybridized carbons (Fsp3) is 0.0625. The van der Waals surface area contributed by atoms with Crippen molar-refractivity contribution in [2.24, 2.45) is 0 Å². The number of aromatic carboxylic acids is 1. The smallest absolute Gasteiger partial charge is 0.336 e. The average Bonchev–Trinajstić information content (AvgIpc) is 2.97. The van der Waals surface area contributed by atoms with E-state index in [1.165, 1.54) is 6.07 Å². The number of hydrogen-bond acceptors (Lipinski definition) is 4. The molecule has 0 aliphatic carbocycles. The monoisotopic (exact) mass is 280 g/mol. The van der Waals surface area contributed by atoms with E-state index < -0.39 is 5.97 Å². The third-order valence-corrected chi connectivity index (χ3v) is 3.19. The molecule has 0 aliphatic heterocycles. The molecule has 0 atom stereocenters. The van der Waals surface area contributed by atoms with Crippen molar-refractivity contribution >= 4 is 5.97 Å². The van der Waals surface area contributed by atoms with Crippen LogP contribution < -0.4 is 0 Å². The summed E-state index contributed by atoms with van der Waals surface area (Å²) in [5.41, 5.74) is 2.40. The Balaban J connectivity index is 2.08. The van der Waals surface area contributed by atoms with Gasteiger partial charge < -0.3 is 9.52 Å². The standard InChI is InChI=1S/C16H12N2O3/c1-10-6-2-3-7-11(10)14-17-18-15(21-14)12-8-4-5-9-13(12)16(19)20/h2-9H,1H3,(H,19,20). The van der Waals surface area contributed by atoms with Gasteiger partial charge in [-0.1, -0.05) is 30.3 Å². The molecule has 0 unspecified atom stereocenters. The molecule has 2 aromatic carbocycles. The van der Waals surface area contributed by atoms with Gasteiger partial charge in [-0.2, -0.15) is 0 Å². The molecular formula is C16H12N2O3. The van der Waals surface area contributed by atoms with Crippen molar-refractivity contribution < 1.29 is 14.3 Å². The summed E-state index contributed by atoms with van der Waals surface area (Å²) in [4.78, 5) is 11.2. The molecule has 5 heteroatoms. The van der Waals surface area contributed by atoms with Gasteiger partial charge in [0.2, 0.25) is 11.8 Å². The molecule has 0 saturated carbocycles. The number of aromatic nitrogens is 2. The lowest BCUT2D eigenvalue weighted by atomic mass is 10.1. The summed E-state index contributed by atoms with van der Waals surface area (Å²) in [6.07, 6.45) is 0. The van der Waals surface area contributed by atoms with Gasteiger partial charge in [0, 0.05) is 5.56 Å². The zero-order chi connectivity index (χ0) is 14.8. The van der Waals surface area contributed by atoms with E-state index in [-0.39, 0.29) is 11.5 Å². The van der Waals surface area contributed by atoms with Crippen molar-refractivity contribution in [2.75, 3.05) is 0 Å². The van der Waals surface area contributed by atoms with E-state index in [1.807, 2.05) is 31.2 Å². The van der Waals surface area contributed by atoms with Crippen molar-refractivity contribution in [3.05, 3.63) is 59.7 Å². The van der Waals surface area contributed by atoms with Crippen LogP contribution in [0.2, 0.25) is 0 Å². The van der Waals surface area contributed by atoms with Gasteiger partial charge in [-0.3, -0.25) is 0 Å². The highest BCUT2D eigenvalue weighted by Gasteiger charge is 2.17. The Morgan fingerprint density at radius 1 is 0.952 bits per heavy atom. The summed E-state index contributed by atoms with van der Waals surface area (Å²) in [5.74, 6) is -0.448. The second kappa shape index (κ2) is 5.20. The maximum atomic E-state index is 11.2. The highest BCUT2D eigenvalue weighted by Crippen LogP contribution is 2.27. The van der Waals surface area contributed by atoms with Gasteiger partial charge in [0.05, 0.1) is 11.1 Å². The van der Waals surface area contributed by atoms with Crippen LogP contribution in [0.4, 0.5) is 0 Å². The van der Waals surface area contributed by atoms with Crippen LogP contribution in [0.25, 0.3) is 22.9 Å². The largest absolute Gasteiger partial charge is 0.478 e. The molecule has 0 radical (unpaired) electrons. The Bertz CT molecular complexity index is 809. The van der Waals surface area contributed by atoms with E-state index in [0.29, 0.717) is 11.5 Å². The first-order valence-corrected chi connectivity index (χ1v) is 6.39. The van der Waals surface area contributed by atoms with Gasteiger partial charge in [0.1, 0.15) is 0 Å². The predicted octanol–water partition coefficient (Wildman–Crippen LogP) is 3.41. The van der Waals surface area contributed by atoms with Gasteiger partial charge in [0.15, 0.2) is 0 Å². The van der Waals surface area contributed by atoms with E-state index in [9.17, 15) is 9.90 Å². The zero-order valence-electron chi connectivity index (χ0n) is 11.3. The van der Waals surface area contributed by atoms with Crippen LogP contribution in [-0.4, -0.2) is 21.3 Å². The Labute approximate surface area is 120 Å². The minimum Gasteiger partial charge on any atom is -0.478 e. The highest BCUT2D eigenvalue weighted by molar-refractivity contribution is 5.94. The van der Waals surface area contributed by atoms with E-state index in [1.54, 1.807) is 18.2 Å². The first-order valence-electron chi connectivity index (χ1n) is 6.39. The van der Waals surface area contributed by atoms with E-state index in [0.717, 1.165) is 11.1 Å². The van der Waals surface area contributed by atoms with Crippen LogP contribution in [-0.2, 0) is 0 Å². The topological polar surface area (TPSA) is 76.2 Å². The molecule has 0 amide bonds. The molecule has 0 fully saturated rings. The number of carboxylic acid groups (broad SMARTS) is 1. The first kappa shape index (κ1) is 13.1. The van der Waals surface area contributed by atoms with Crippen LogP contribution >= 0.6 is 0 Å². The van der Waals surface area contributed by atoms with Gasteiger partial charge in [-0.05, 0) is 30.7 Å². The van der Waals surface area contributed by atoms with Crippen LogP contribution in [0, 0.1) is 6.92 Å². The molecule has 21 heavy (non-hydrogen) atoms. The predicted molar refractivity (Wildman–Crippen MR) is 76.9 cm³/mol. The molecule has 1 N–H and O–H groups in total. The second-order valence-electron chi connectivity index (χ2n) is 4.58. The zero-order valence-corrected chi connectivity index (χ0v) is 11.3. The number of rotatable bonds is 3. The summed E-state index contributed by atoms with van der Waals surface area (Å²) < 4.78 is 5.64. The third kappa shape index (κ3) is 2.41.